The van der Waals surface area contributed by atoms with E-state index in [-0.39, 0.29) is 0 Å². The zero-order valence-electron chi connectivity index (χ0n) is 12.5. The third-order valence-corrected chi connectivity index (χ3v) is 4.62. The molecule has 6 nitrogen and oxygen atoms in total. The SMILES string of the molecule is Cc1c(C(=O)NC2(C(=O)O)CCC2)cnn1-c1ccccc1Cl. The van der Waals surface area contributed by atoms with Crippen LogP contribution in [0.5, 0.6) is 0 Å². The first-order valence-corrected chi connectivity index (χ1v) is 7.68. The molecule has 0 spiro atoms. The van der Waals surface area contributed by atoms with Crippen molar-refractivity contribution in [1.82, 2.24) is 15.1 Å². The van der Waals surface area contributed by atoms with Gasteiger partial charge in [-0.1, -0.05) is 23.7 Å². The van der Waals surface area contributed by atoms with Gasteiger partial charge in [0.1, 0.15) is 5.54 Å². The number of carboxylic acid groups (broad SMARTS) is 1. The number of rotatable bonds is 4. The molecule has 1 aromatic carbocycles. The van der Waals surface area contributed by atoms with Gasteiger partial charge < -0.3 is 10.4 Å². The number of carboxylic acids is 1. The molecule has 0 aliphatic heterocycles. The van der Waals surface area contributed by atoms with Gasteiger partial charge in [-0.2, -0.15) is 5.10 Å². The number of amides is 1. The van der Waals surface area contributed by atoms with E-state index in [1.807, 2.05) is 12.1 Å². The number of hydrogen-bond acceptors (Lipinski definition) is 3. The molecule has 0 radical (unpaired) electrons. The Balaban J connectivity index is 1.89. The average molecular weight is 334 g/mol. The van der Waals surface area contributed by atoms with Crippen molar-refractivity contribution >= 4 is 23.5 Å². The molecule has 0 bridgehead atoms. The molecule has 23 heavy (non-hydrogen) atoms. The second-order valence-corrected chi connectivity index (χ2v) is 6.11. The lowest BCUT2D eigenvalue weighted by molar-refractivity contribution is -0.148. The van der Waals surface area contributed by atoms with E-state index in [4.69, 9.17) is 11.6 Å². The molecule has 1 aliphatic carbocycles. The van der Waals surface area contributed by atoms with E-state index in [0.717, 1.165) is 6.42 Å². The first-order chi connectivity index (χ1) is 10.9. The summed E-state index contributed by atoms with van der Waals surface area (Å²) in [5.41, 5.74) is 0.478. The molecule has 1 aliphatic rings. The number of nitrogens with zero attached hydrogens (tertiary/aromatic N) is 2. The smallest absolute Gasteiger partial charge is 0.329 e. The Labute approximate surface area is 138 Å². The molecule has 1 amide bonds. The summed E-state index contributed by atoms with van der Waals surface area (Å²) in [6.45, 7) is 1.75. The van der Waals surface area contributed by atoms with Crippen molar-refractivity contribution in [2.24, 2.45) is 0 Å². The van der Waals surface area contributed by atoms with Crippen LogP contribution >= 0.6 is 11.6 Å². The van der Waals surface area contributed by atoms with Gasteiger partial charge in [0.2, 0.25) is 0 Å². The molecule has 1 fully saturated rings. The number of carbonyl (C=O) groups is 2. The van der Waals surface area contributed by atoms with Crippen molar-refractivity contribution in [3.05, 3.63) is 46.7 Å². The van der Waals surface area contributed by atoms with Crippen LogP contribution in [-0.4, -0.2) is 32.3 Å². The van der Waals surface area contributed by atoms with Crippen molar-refractivity contribution in [3.63, 3.8) is 0 Å². The predicted octanol–water partition coefficient (Wildman–Crippen LogP) is 2.57. The molecule has 3 rings (SSSR count). The second-order valence-electron chi connectivity index (χ2n) is 5.70. The van der Waals surface area contributed by atoms with Crippen LogP contribution in [0.25, 0.3) is 5.69 Å². The maximum Gasteiger partial charge on any atom is 0.329 e. The topological polar surface area (TPSA) is 84.2 Å². The number of nitrogens with one attached hydrogen (secondary N) is 1. The molecular formula is C16H16ClN3O3. The maximum absolute atomic E-state index is 12.4. The second kappa shape index (κ2) is 5.70. The number of aromatic nitrogens is 2. The summed E-state index contributed by atoms with van der Waals surface area (Å²) < 4.78 is 1.57. The molecular weight excluding hydrogens is 318 g/mol. The zero-order valence-corrected chi connectivity index (χ0v) is 13.3. The summed E-state index contributed by atoms with van der Waals surface area (Å²) in [5.74, 6) is -1.42. The molecule has 2 N–H and O–H groups in total. The predicted molar refractivity (Wildman–Crippen MR) is 85.0 cm³/mol. The summed E-state index contributed by atoms with van der Waals surface area (Å²) >= 11 is 6.16. The Hall–Kier alpha value is -2.34. The van der Waals surface area contributed by atoms with E-state index in [1.54, 1.807) is 23.7 Å². The highest BCUT2D eigenvalue weighted by molar-refractivity contribution is 6.32. The molecule has 1 saturated carbocycles. The van der Waals surface area contributed by atoms with Gasteiger partial charge >= 0.3 is 5.97 Å². The van der Waals surface area contributed by atoms with E-state index in [2.05, 4.69) is 10.4 Å². The van der Waals surface area contributed by atoms with Gasteiger partial charge in [-0.25, -0.2) is 9.48 Å². The van der Waals surface area contributed by atoms with Gasteiger partial charge in [-0.05, 0) is 38.3 Å². The van der Waals surface area contributed by atoms with Crippen LogP contribution in [0.3, 0.4) is 0 Å². The number of benzene rings is 1. The van der Waals surface area contributed by atoms with Crippen LogP contribution < -0.4 is 5.32 Å². The third-order valence-electron chi connectivity index (χ3n) is 4.30. The molecule has 2 aromatic rings. The fraction of sp³-hybridized carbons (Fsp3) is 0.312. The quantitative estimate of drug-likeness (QED) is 0.900. The standard InChI is InChI=1S/C16H16ClN3O3/c1-10-11(14(21)19-16(15(22)23)7-4-8-16)9-18-20(10)13-6-3-2-5-12(13)17/h2-3,5-6,9H,4,7-8H2,1H3,(H,19,21)(H,22,23). The Morgan fingerprint density at radius 3 is 2.61 bits per heavy atom. The number of hydrogen-bond donors (Lipinski definition) is 2. The van der Waals surface area contributed by atoms with Crippen molar-refractivity contribution in [2.45, 2.75) is 31.7 Å². The van der Waals surface area contributed by atoms with Gasteiger partial charge in [0.15, 0.2) is 0 Å². The highest BCUT2D eigenvalue weighted by Gasteiger charge is 2.46. The molecule has 120 valence electrons. The van der Waals surface area contributed by atoms with Gasteiger partial charge in [0.25, 0.3) is 5.91 Å². The van der Waals surface area contributed by atoms with Crippen LogP contribution in [0.4, 0.5) is 0 Å². The largest absolute Gasteiger partial charge is 0.480 e. The van der Waals surface area contributed by atoms with Crippen LogP contribution in [0.1, 0.15) is 35.3 Å². The molecule has 7 heteroatoms. The lowest BCUT2D eigenvalue weighted by Gasteiger charge is -2.38. The highest BCUT2D eigenvalue weighted by Crippen LogP contribution is 2.32. The maximum atomic E-state index is 12.4. The van der Waals surface area contributed by atoms with Gasteiger partial charge in [0, 0.05) is 0 Å². The van der Waals surface area contributed by atoms with E-state index in [1.165, 1.54) is 6.20 Å². The summed E-state index contributed by atoms with van der Waals surface area (Å²) in [5, 5.41) is 16.7. The Morgan fingerprint density at radius 2 is 2.04 bits per heavy atom. The van der Waals surface area contributed by atoms with E-state index in [0.29, 0.717) is 34.8 Å². The monoisotopic (exact) mass is 333 g/mol. The lowest BCUT2D eigenvalue weighted by Crippen LogP contribution is -2.59. The van der Waals surface area contributed by atoms with Gasteiger partial charge in [0.05, 0.1) is 28.2 Å². The summed E-state index contributed by atoms with van der Waals surface area (Å²) in [4.78, 5) is 23.8. The van der Waals surface area contributed by atoms with Crippen molar-refractivity contribution in [3.8, 4) is 5.69 Å². The van der Waals surface area contributed by atoms with Gasteiger partial charge in [-0.15, -0.1) is 0 Å². The average Bonchev–Trinajstić information content (AvgIpc) is 2.84. The van der Waals surface area contributed by atoms with Gasteiger partial charge in [-0.3, -0.25) is 4.79 Å². The molecule has 1 heterocycles. The summed E-state index contributed by atoms with van der Waals surface area (Å²) in [6, 6.07) is 7.18. The minimum absolute atomic E-state index is 0.345. The minimum Gasteiger partial charge on any atom is -0.480 e. The minimum atomic E-state index is -1.14. The Kier molecular flexibility index (Phi) is 3.85. The lowest BCUT2D eigenvalue weighted by atomic mass is 9.76. The molecule has 1 aromatic heterocycles. The summed E-state index contributed by atoms with van der Waals surface area (Å²) in [6.07, 6.45) is 3.13. The number of halogens is 1. The normalized spacial score (nSPS) is 15.7. The molecule has 0 atom stereocenters. The summed E-state index contributed by atoms with van der Waals surface area (Å²) in [7, 11) is 0. The van der Waals surface area contributed by atoms with E-state index in [9.17, 15) is 14.7 Å². The number of aliphatic carboxylic acids is 1. The first-order valence-electron chi connectivity index (χ1n) is 7.30. The first kappa shape index (κ1) is 15.6. The Morgan fingerprint density at radius 1 is 1.35 bits per heavy atom. The van der Waals surface area contributed by atoms with E-state index >= 15 is 0 Å². The third kappa shape index (κ3) is 2.59. The van der Waals surface area contributed by atoms with Crippen LogP contribution in [0, 0.1) is 6.92 Å². The zero-order chi connectivity index (χ0) is 16.6. The Bertz CT molecular complexity index is 781. The van der Waals surface area contributed by atoms with Crippen molar-refractivity contribution in [1.29, 1.82) is 0 Å². The number of para-hydroxylation sites is 1. The molecule has 0 unspecified atom stereocenters. The fourth-order valence-corrected chi connectivity index (χ4v) is 2.92. The van der Waals surface area contributed by atoms with Crippen LogP contribution in [-0.2, 0) is 4.79 Å². The molecule has 0 saturated heterocycles. The van der Waals surface area contributed by atoms with Crippen LogP contribution in [0.15, 0.2) is 30.5 Å². The van der Waals surface area contributed by atoms with Crippen LogP contribution in [0.2, 0.25) is 5.02 Å². The fourth-order valence-electron chi connectivity index (χ4n) is 2.71. The van der Waals surface area contributed by atoms with Crippen molar-refractivity contribution < 1.29 is 14.7 Å². The highest BCUT2D eigenvalue weighted by atomic mass is 35.5. The van der Waals surface area contributed by atoms with Crippen molar-refractivity contribution in [2.75, 3.05) is 0 Å². The van der Waals surface area contributed by atoms with E-state index < -0.39 is 17.4 Å². The number of carbonyl (C=O) groups excluding carboxylic acids is 1.